The lowest BCUT2D eigenvalue weighted by molar-refractivity contribution is -0.0285. The van der Waals surface area contributed by atoms with Crippen LogP contribution in [0.25, 0.3) is 0 Å². The Hall–Kier alpha value is -3.68. The van der Waals surface area contributed by atoms with E-state index in [2.05, 4.69) is 0 Å². The molecule has 0 aliphatic carbocycles. The van der Waals surface area contributed by atoms with Crippen LogP contribution in [0, 0.1) is 5.92 Å². The average molecular weight is 456 g/mol. The molecule has 176 valence electrons. The summed E-state index contributed by atoms with van der Waals surface area (Å²) in [5.74, 6) is -3.41. The van der Waals surface area contributed by atoms with Gasteiger partial charge in [-0.25, -0.2) is 19.2 Å². The van der Waals surface area contributed by atoms with Crippen molar-refractivity contribution in [1.82, 2.24) is 0 Å². The molecule has 0 aliphatic rings. The molecule has 0 radical (unpaired) electrons. The lowest BCUT2D eigenvalue weighted by atomic mass is 9.88. The number of carbonyl (C=O) groups excluding carboxylic acids is 2. The Morgan fingerprint density at radius 1 is 0.818 bits per heavy atom. The molecule has 2 rings (SSSR count). The predicted molar refractivity (Wildman–Crippen MR) is 120 cm³/mol. The van der Waals surface area contributed by atoms with Gasteiger partial charge in [0.2, 0.25) is 0 Å². The number of carbonyl (C=O) groups is 4. The number of aromatic carboxylic acids is 2. The molecule has 0 saturated carbocycles. The molecule has 8 nitrogen and oxygen atoms in total. The normalized spacial score (nSPS) is 12.0. The molecule has 0 aliphatic heterocycles. The Morgan fingerprint density at radius 2 is 1.30 bits per heavy atom. The van der Waals surface area contributed by atoms with Gasteiger partial charge in [0.1, 0.15) is 5.60 Å². The van der Waals surface area contributed by atoms with Crippen molar-refractivity contribution in [2.75, 3.05) is 6.61 Å². The maximum Gasteiger partial charge on any atom is 0.338 e. The largest absolute Gasteiger partial charge is 0.478 e. The van der Waals surface area contributed by atoms with Crippen LogP contribution in [0.4, 0.5) is 0 Å². The van der Waals surface area contributed by atoms with Gasteiger partial charge in [0.25, 0.3) is 0 Å². The number of esters is 2. The third-order valence-electron chi connectivity index (χ3n) is 5.50. The van der Waals surface area contributed by atoms with Crippen LogP contribution < -0.4 is 0 Å². The summed E-state index contributed by atoms with van der Waals surface area (Å²) in [6.45, 7) is 5.73. The van der Waals surface area contributed by atoms with Crippen LogP contribution in [0.15, 0.2) is 48.5 Å². The van der Waals surface area contributed by atoms with E-state index in [0.717, 1.165) is 6.42 Å². The van der Waals surface area contributed by atoms with Crippen molar-refractivity contribution in [3.63, 3.8) is 0 Å². The first kappa shape index (κ1) is 25.6. The van der Waals surface area contributed by atoms with Crippen LogP contribution in [-0.4, -0.2) is 46.3 Å². The van der Waals surface area contributed by atoms with E-state index in [1.165, 1.54) is 48.5 Å². The van der Waals surface area contributed by atoms with Crippen LogP contribution in [-0.2, 0) is 9.47 Å². The molecular weight excluding hydrogens is 428 g/mol. The van der Waals surface area contributed by atoms with Gasteiger partial charge in [0.15, 0.2) is 0 Å². The zero-order valence-electron chi connectivity index (χ0n) is 18.9. The van der Waals surface area contributed by atoms with Crippen molar-refractivity contribution < 1.29 is 38.9 Å². The third kappa shape index (κ3) is 7.45. The Morgan fingerprint density at radius 3 is 1.82 bits per heavy atom. The highest BCUT2D eigenvalue weighted by Crippen LogP contribution is 2.27. The summed E-state index contributed by atoms with van der Waals surface area (Å²) in [5.41, 5.74) is -0.397. The summed E-state index contributed by atoms with van der Waals surface area (Å²) in [7, 11) is 0. The van der Waals surface area contributed by atoms with Crippen LogP contribution >= 0.6 is 0 Å². The smallest absolute Gasteiger partial charge is 0.338 e. The first-order chi connectivity index (χ1) is 15.5. The second kappa shape index (κ2) is 11.3. The summed E-state index contributed by atoms with van der Waals surface area (Å²) < 4.78 is 10.9. The molecule has 0 fully saturated rings. The molecule has 8 heteroatoms. The number of rotatable bonds is 11. The Bertz CT molecular complexity index is 1020. The second-order valence-electron chi connectivity index (χ2n) is 8.30. The van der Waals surface area contributed by atoms with Gasteiger partial charge < -0.3 is 19.7 Å². The highest BCUT2D eigenvalue weighted by molar-refractivity contribution is 5.95. The van der Waals surface area contributed by atoms with E-state index in [-0.39, 0.29) is 34.8 Å². The Kier molecular flexibility index (Phi) is 8.73. The summed E-state index contributed by atoms with van der Waals surface area (Å²) in [6, 6.07) is 11.4. The second-order valence-corrected chi connectivity index (χ2v) is 8.30. The van der Waals surface area contributed by atoms with Gasteiger partial charge in [-0.05, 0) is 75.4 Å². The first-order valence-electron chi connectivity index (χ1n) is 10.6. The number of hydrogen-bond donors (Lipinski definition) is 2. The van der Waals surface area contributed by atoms with E-state index in [1.807, 2.05) is 6.92 Å². The van der Waals surface area contributed by atoms with Crippen molar-refractivity contribution in [2.24, 2.45) is 5.92 Å². The van der Waals surface area contributed by atoms with Crippen molar-refractivity contribution in [1.29, 1.82) is 0 Å². The maximum atomic E-state index is 12.5. The quantitative estimate of drug-likeness (QED) is 0.368. The predicted octanol–water partition coefficient (Wildman–Crippen LogP) is 4.68. The Balaban J connectivity index is 1.79. The molecule has 0 spiro atoms. The first-order valence-corrected chi connectivity index (χ1v) is 10.6. The van der Waals surface area contributed by atoms with Gasteiger partial charge >= 0.3 is 23.9 Å². The summed E-state index contributed by atoms with van der Waals surface area (Å²) in [4.78, 5) is 46.7. The number of hydrogen-bond acceptors (Lipinski definition) is 6. The molecule has 2 aromatic carbocycles. The fourth-order valence-electron chi connectivity index (χ4n) is 3.11. The van der Waals surface area contributed by atoms with Crippen LogP contribution in [0.2, 0.25) is 0 Å². The van der Waals surface area contributed by atoms with Crippen LogP contribution in [0.5, 0.6) is 0 Å². The van der Waals surface area contributed by atoms with E-state index in [4.69, 9.17) is 19.7 Å². The van der Waals surface area contributed by atoms with Crippen molar-refractivity contribution in [2.45, 2.75) is 45.6 Å². The zero-order valence-corrected chi connectivity index (χ0v) is 18.9. The molecular formula is C25H28O8. The molecule has 0 amide bonds. The van der Waals surface area contributed by atoms with E-state index in [0.29, 0.717) is 12.8 Å². The number of ether oxygens (including phenoxy) is 2. The lowest BCUT2D eigenvalue weighted by Crippen LogP contribution is -2.35. The topological polar surface area (TPSA) is 127 Å². The maximum absolute atomic E-state index is 12.5. The minimum absolute atomic E-state index is 0.00736. The molecule has 0 heterocycles. The van der Waals surface area contributed by atoms with Crippen molar-refractivity contribution >= 4 is 23.9 Å². The molecule has 2 aromatic rings. The van der Waals surface area contributed by atoms with Crippen molar-refractivity contribution in [3.8, 4) is 0 Å². The van der Waals surface area contributed by atoms with Gasteiger partial charge in [0.05, 0.1) is 28.9 Å². The van der Waals surface area contributed by atoms with Gasteiger partial charge in [-0.1, -0.05) is 19.1 Å². The van der Waals surface area contributed by atoms with E-state index >= 15 is 0 Å². The standard InChI is InChI=1S/C25H28O8/c1-16(25(2,3)33-24(31)20-12-7-10-18(15-20)22(28)29)8-4-5-13-32-23(30)19-11-6-9-17(14-19)21(26)27/h6-7,9-12,14-16H,4-5,8,13H2,1-3H3,(H,26,27)(H,28,29). The summed E-state index contributed by atoms with van der Waals surface area (Å²) >= 11 is 0. The minimum Gasteiger partial charge on any atom is -0.478 e. The lowest BCUT2D eigenvalue weighted by Gasteiger charge is -2.31. The van der Waals surface area contributed by atoms with Gasteiger partial charge in [-0.2, -0.15) is 0 Å². The van der Waals surface area contributed by atoms with Crippen LogP contribution in [0.1, 0.15) is 81.5 Å². The molecule has 2 N–H and O–H groups in total. The number of unbranched alkanes of at least 4 members (excludes halogenated alkanes) is 1. The summed E-state index contributed by atoms with van der Waals surface area (Å²) in [6.07, 6.45) is 2.03. The zero-order chi connectivity index (χ0) is 24.6. The van der Waals surface area contributed by atoms with E-state index in [9.17, 15) is 19.2 Å². The fraction of sp³-hybridized carbons (Fsp3) is 0.360. The SMILES string of the molecule is CC(CCCCOC(=O)c1cccc(C(=O)O)c1)C(C)(C)OC(=O)c1cccc(C(=O)O)c1. The van der Waals surface area contributed by atoms with Gasteiger partial charge in [-0.3, -0.25) is 0 Å². The summed E-state index contributed by atoms with van der Waals surface area (Å²) in [5, 5.41) is 18.1. The van der Waals surface area contributed by atoms with Gasteiger partial charge in [0, 0.05) is 0 Å². The van der Waals surface area contributed by atoms with E-state index in [1.54, 1.807) is 13.8 Å². The van der Waals surface area contributed by atoms with Crippen LogP contribution in [0.3, 0.4) is 0 Å². The van der Waals surface area contributed by atoms with E-state index < -0.39 is 29.5 Å². The van der Waals surface area contributed by atoms with Gasteiger partial charge in [-0.15, -0.1) is 0 Å². The average Bonchev–Trinajstić information content (AvgIpc) is 2.78. The molecule has 0 bridgehead atoms. The molecule has 0 saturated heterocycles. The molecule has 1 unspecified atom stereocenters. The van der Waals surface area contributed by atoms with Crippen molar-refractivity contribution in [3.05, 3.63) is 70.8 Å². The monoisotopic (exact) mass is 456 g/mol. The number of benzene rings is 2. The highest BCUT2D eigenvalue weighted by atomic mass is 16.6. The highest BCUT2D eigenvalue weighted by Gasteiger charge is 2.30. The third-order valence-corrected chi connectivity index (χ3v) is 5.50. The number of carboxylic acids is 2. The molecule has 0 aromatic heterocycles. The number of carboxylic acid groups (broad SMARTS) is 2. The minimum atomic E-state index is -1.12. The Labute approximate surface area is 192 Å². The molecule has 1 atom stereocenters. The molecule has 33 heavy (non-hydrogen) atoms. The fourth-order valence-corrected chi connectivity index (χ4v) is 3.11.